The van der Waals surface area contributed by atoms with Crippen LogP contribution >= 0.6 is 0 Å². The van der Waals surface area contributed by atoms with Crippen molar-refractivity contribution in [2.45, 2.75) is 24.4 Å². The van der Waals surface area contributed by atoms with E-state index in [1.54, 1.807) is 28.0 Å². The zero-order valence-electron chi connectivity index (χ0n) is 19.4. The SMILES string of the molecule is COc1ccc(C(=O)N2CCN(C(=O)c3ccc(S(=O)(=O)N4CCCCC4)o3)CC2)cc1OC. The number of ether oxygens (including phenoxy) is 2. The van der Waals surface area contributed by atoms with E-state index in [4.69, 9.17) is 13.9 Å². The van der Waals surface area contributed by atoms with E-state index in [-0.39, 0.29) is 16.8 Å². The summed E-state index contributed by atoms with van der Waals surface area (Å²) in [6, 6.07) is 7.73. The monoisotopic (exact) mass is 491 g/mol. The highest BCUT2D eigenvalue weighted by Crippen LogP contribution is 2.28. The number of methoxy groups -OCH3 is 2. The number of amides is 2. The van der Waals surface area contributed by atoms with Crippen molar-refractivity contribution in [2.24, 2.45) is 0 Å². The molecule has 10 nitrogen and oxygen atoms in total. The lowest BCUT2D eigenvalue weighted by Gasteiger charge is -2.34. The van der Waals surface area contributed by atoms with Gasteiger partial charge < -0.3 is 23.7 Å². The van der Waals surface area contributed by atoms with Crippen molar-refractivity contribution < 1.29 is 31.9 Å². The summed E-state index contributed by atoms with van der Waals surface area (Å²) in [4.78, 5) is 29.1. The maximum atomic E-state index is 12.9. The zero-order valence-corrected chi connectivity index (χ0v) is 20.2. The van der Waals surface area contributed by atoms with Crippen LogP contribution in [0.5, 0.6) is 11.5 Å². The Morgan fingerprint density at radius 3 is 2.03 bits per heavy atom. The van der Waals surface area contributed by atoms with Crippen molar-refractivity contribution in [2.75, 3.05) is 53.5 Å². The summed E-state index contributed by atoms with van der Waals surface area (Å²) in [5, 5.41) is -0.208. The molecular weight excluding hydrogens is 462 g/mol. The number of hydrogen-bond acceptors (Lipinski definition) is 7. The van der Waals surface area contributed by atoms with Crippen molar-refractivity contribution in [1.29, 1.82) is 0 Å². The van der Waals surface area contributed by atoms with Gasteiger partial charge in [0.15, 0.2) is 17.3 Å². The number of benzene rings is 1. The maximum absolute atomic E-state index is 12.9. The predicted molar refractivity (Wildman–Crippen MR) is 123 cm³/mol. The fourth-order valence-corrected chi connectivity index (χ4v) is 5.66. The molecule has 2 aliphatic rings. The Labute approximate surface area is 199 Å². The van der Waals surface area contributed by atoms with Gasteiger partial charge in [0, 0.05) is 44.8 Å². The van der Waals surface area contributed by atoms with Crippen LogP contribution in [0.4, 0.5) is 0 Å². The Kier molecular flexibility index (Phi) is 7.13. The number of rotatable bonds is 6. The number of piperidine rings is 1. The van der Waals surface area contributed by atoms with Crippen LogP contribution in [0.3, 0.4) is 0 Å². The average Bonchev–Trinajstić information content (AvgIpc) is 3.39. The van der Waals surface area contributed by atoms with Gasteiger partial charge in [-0.25, -0.2) is 8.42 Å². The first kappa shape index (κ1) is 24.1. The second-order valence-electron chi connectivity index (χ2n) is 8.24. The second-order valence-corrected chi connectivity index (χ2v) is 10.1. The highest BCUT2D eigenvalue weighted by molar-refractivity contribution is 7.89. The number of furan rings is 1. The van der Waals surface area contributed by atoms with Crippen molar-refractivity contribution in [3.8, 4) is 11.5 Å². The number of hydrogen-bond donors (Lipinski definition) is 0. The first-order chi connectivity index (χ1) is 16.3. The first-order valence-electron chi connectivity index (χ1n) is 11.3. The Balaban J connectivity index is 1.38. The second kappa shape index (κ2) is 10.1. The van der Waals surface area contributed by atoms with Crippen molar-refractivity contribution >= 4 is 21.8 Å². The van der Waals surface area contributed by atoms with Gasteiger partial charge in [0.05, 0.1) is 14.2 Å². The van der Waals surface area contributed by atoms with Crippen LogP contribution in [0, 0.1) is 0 Å². The molecule has 184 valence electrons. The van der Waals surface area contributed by atoms with Gasteiger partial charge in [-0.05, 0) is 43.2 Å². The van der Waals surface area contributed by atoms with Crippen LogP contribution in [0.1, 0.15) is 40.2 Å². The minimum Gasteiger partial charge on any atom is -0.493 e. The Morgan fingerprint density at radius 2 is 1.41 bits per heavy atom. The Morgan fingerprint density at radius 1 is 0.794 bits per heavy atom. The molecule has 2 fully saturated rings. The van der Waals surface area contributed by atoms with Crippen LogP contribution in [0.2, 0.25) is 0 Å². The summed E-state index contributed by atoms with van der Waals surface area (Å²) < 4.78 is 42.9. The van der Waals surface area contributed by atoms with Crippen LogP contribution in [0.15, 0.2) is 39.8 Å². The highest BCUT2D eigenvalue weighted by Gasteiger charge is 2.32. The average molecular weight is 492 g/mol. The molecular formula is C23H29N3O7S. The molecule has 0 atom stereocenters. The molecule has 2 saturated heterocycles. The van der Waals surface area contributed by atoms with E-state index in [1.165, 1.54) is 30.7 Å². The lowest BCUT2D eigenvalue weighted by atomic mass is 10.1. The fraction of sp³-hybridized carbons (Fsp3) is 0.478. The minimum atomic E-state index is -3.74. The van der Waals surface area contributed by atoms with E-state index in [9.17, 15) is 18.0 Å². The van der Waals surface area contributed by atoms with Gasteiger partial charge in [0.1, 0.15) is 0 Å². The molecule has 0 radical (unpaired) electrons. The lowest BCUT2D eigenvalue weighted by molar-refractivity contribution is 0.0514. The van der Waals surface area contributed by atoms with Crippen LogP contribution < -0.4 is 9.47 Å². The third kappa shape index (κ3) is 4.76. The molecule has 3 heterocycles. The van der Waals surface area contributed by atoms with Crippen molar-refractivity contribution in [1.82, 2.24) is 14.1 Å². The van der Waals surface area contributed by atoms with Gasteiger partial charge in [-0.2, -0.15) is 4.31 Å². The number of piperazine rings is 1. The molecule has 2 aliphatic heterocycles. The molecule has 0 aliphatic carbocycles. The zero-order chi connectivity index (χ0) is 24.3. The van der Waals surface area contributed by atoms with Crippen molar-refractivity contribution in [3.63, 3.8) is 0 Å². The summed E-state index contributed by atoms with van der Waals surface area (Å²) in [5.74, 6) is 0.430. The van der Waals surface area contributed by atoms with Gasteiger partial charge in [0.25, 0.3) is 21.8 Å². The molecule has 0 saturated carbocycles. The van der Waals surface area contributed by atoms with Gasteiger partial charge in [0.2, 0.25) is 5.09 Å². The largest absolute Gasteiger partial charge is 0.493 e. The van der Waals surface area contributed by atoms with Crippen LogP contribution in [-0.4, -0.2) is 87.8 Å². The smallest absolute Gasteiger partial charge is 0.289 e. The summed E-state index contributed by atoms with van der Waals surface area (Å²) in [5.41, 5.74) is 0.469. The van der Waals surface area contributed by atoms with Gasteiger partial charge >= 0.3 is 0 Å². The van der Waals surface area contributed by atoms with E-state index >= 15 is 0 Å². The molecule has 0 unspecified atom stereocenters. The van der Waals surface area contributed by atoms with Crippen LogP contribution in [0.25, 0.3) is 0 Å². The molecule has 34 heavy (non-hydrogen) atoms. The lowest BCUT2D eigenvalue weighted by Crippen LogP contribution is -2.50. The third-order valence-electron chi connectivity index (χ3n) is 6.19. The van der Waals surface area contributed by atoms with Gasteiger partial charge in [-0.1, -0.05) is 6.42 Å². The summed E-state index contributed by atoms with van der Waals surface area (Å²) in [7, 11) is -0.706. The molecule has 1 aromatic heterocycles. The van der Waals surface area contributed by atoms with E-state index in [2.05, 4.69) is 0 Å². The standard InChI is InChI=1S/C23H29N3O7S/c1-31-18-7-6-17(16-20(18)32-2)22(27)24-12-14-25(15-13-24)23(28)19-8-9-21(33-19)34(29,30)26-10-4-3-5-11-26/h6-9,16H,3-5,10-15H2,1-2H3. The fourth-order valence-electron chi connectivity index (χ4n) is 4.23. The summed E-state index contributed by atoms with van der Waals surface area (Å²) in [6.07, 6.45) is 2.64. The van der Waals surface area contributed by atoms with Crippen molar-refractivity contribution in [3.05, 3.63) is 41.7 Å². The summed E-state index contributed by atoms with van der Waals surface area (Å²) >= 11 is 0. The number of carbonyl (C=O) groups is 2. The molecule has 1 aromatic carbocycles. The Hall–Kier alpha value is -3.05. The topological polar surface area (TPSA) is 110 Å². The molecule has 0 spiro atoms. The minimum absolute atomic E-state index is 0.0183. The number of sulfonamides is 1. The molecule has 2 aromatic rings. The van der Waals surface area contributed by atoms with E-state index in [1.807, 2.05) is 0 Å². The van der Waals surface area contributed by atoms with Crippen LogP contribution in [-0.2, 0) is 10.0 Å². The molecule has 11 heteroatoms. The Bertz CT molecular complexity index is 1150. The summed E-state index contributed by atoms with van der Waals surface area (Å²) in [6.45, 7) is 2.24. The van der Waals surface area contributed by atoms with E-state index in [0.717, 1.165) is 19.3 Å². The molecule has 2 amide bonds. The number of nitrogens with zero attached hydrogens (tertiary/aromatic N) is 3. The molecule has 0 bridgehead atoms. The van der Waals surface area contributed by atoms with Gasteiger partial charge in [-0.15, -0.1) is 0 Å². The normalized spacial score (nSPS) is 17.5. The highest BCUT2D eigenvalue weighted by atomic mass is 32.2. The van der Waals surface area contributed by atoms with Gasteiger partial charge in [-0.3, -0.25) is 9.59 Å². The molecule has 0 N–H and O–H groups in total. The van der Waals surface area contributed by atoms with E-state index < -0.39 is 15.9 Å². The predicted octanol–water partition coefficient (Wildman–Crippen LogP) is 2.07. The maximum Gasteiger partial charge on any atom is 0.289 e. The van der Waals surface area contributed by atoms with E-state index in [0.29, 0.717) is 56.3 Å². The quantitative estimate of drug-likeness (QED) is 0.608. The third-order valence-corrected chi connectivity index (χ3v) is 7.96. The first-order valence-corrected chi connectivity index (χ1v) is 12.7. The number of carbonyl (C=O) groups excluding carboxylic acids is 2. The molecule has 4 rings (SSSR count).